The van der Waals surface area contributed by atoms with E-state index in [4.69, 9.17) is 0 Å². The van der Waals surface area contributed by atoms with E-state index in [1.165, 1.54) is 18.3 Å². The van der Waals surface area contributed by atoms with Crippen LogP contribution in [0, 0.1) is 0 Å². The zero-order valence-electron chi connectivity index (χ0n) is 12.0. The van der Waals surface area contributed by atoms with Gasteiger partial charge in [-0.15, -0.1) is 0 Å². The number of hydrazine groups is 1. The minimum absolute atomic E-state index is 0.745. The van der Waals surface area contributed by atoms with E-state index in [2.05, 4.69) is 64.1 Å². The molecule has 0 radical (unpaired) electrons. The molecule has 0 spiro atoms. The van der Waals surface area contributed by atoms with Crippen molar-refractivity contribution < 1.29 is 0 Å². The average Bonchev–Trinajstić information content (AvgIpc) is 2.47. The molecular formula is C15H21N5. The van der Waals surface area contributed by atoms with E-state index in [-0.39, 0.29) is 0 Å². The normalized spacial score (nSPS) is 10.6. The number of rotatable bonds is 7. The number of nitrogens with one attached hydrogen (secondary N) is 2. The first-order valence-electron chi connectivity index (χ1n) is 6.76. The molecule has 0 aliphatic carbocycles. The maximum atomic E-state index is 4.08. The van der Waals surface area contributed by atoms with Gasteiger partial charge in [0.2, 0.25) is 0 Å². The number of aromatic nitrogens is 2. The fourth-order valence-electron chi connectivity index (χ4n) is 1.85. The number of benzene rings is 1. The van der Waals surface area contributed by atoms with E-state index >= 15 is 0 Å². The number of hydrogen-bond donors (Lipinski definition) is 2. The van der Waals surface area contributed by atoms with Crippen LogP contribution in [-0.2, 0) is 6.42 Å². The van der Waals surface area contributed by atoms with Gasteiger partial charge in [0.1, 0.15) is 12.1 Å². The monoisotopic (exact) mass is 271 g/mol. The van der Waals surface area contributed by atoms with Crippen LogP contribution in [0.25, 0.3) is 0 Å². The summed E-state index contributed by atoms with van der Waals surface area (Å²) in [7, 11) is 4.21. The lowest BCUT2D eigenvalue weighted by atomic mass is 10.1. The van der Waals surface area contributed by atoms with Gasteiger partial charge in [-0.3, -0.25) is 10.9 Å². The highest BCUT2D eigenvalue weighted by Crippen LogP contribution is 2.11. The summed E-state index contributed by atoms with van der Waals surface area (Å²) in [4.78, 5) is 10.2. The highest BCUT2D eigenvalue weighted by atomic mass is 15.4. The second-order valence-corrected chi connectivity index (χ2v) is 4.95. The molecule has 0 amide bonds. The summed E-state index contributed by atoms with van der Waals surface area (Å²) in [5, 5.41) is 0. The van der Waals surface area contributed by atoms with Crippen molar-refractivity contribution in [2.24, 2.45) is 0 Å². The van der Waals surface area contributed by atoms with E-state index in [1.54, 1.807) is 6.20 Å². The second kappa shape index (κ2) is 7.45. The topological polar surface area (TPSA) is 53.1 Å². The molecule has 0 atom stereocenters. The molecule has 0 bridgehead atoms. The number of nitrogens with zero attached hydrogens (tertiary/aromatic N) is 3. The van der Waals surface area contributed by atoms with Gasteiger partial charge in [-0.25, -0.2) is 9.97 Å². The van der Waals surface area contributed by atoms with Crippen LogP contribution in [0.4, 0.5) is 11.5 Å². The molecule has 0 fully saturated rings. The van der Waals surface area contributed by atoms with Crippen molar-refractivity contribution in [1.82, 2.24) is 14.9 Å². The molecule has 20 heavy (non-hydrogen) atoms. The Hall–Kier alpha value is -2.14. The fraction of sp³-hybridized carbons (Fsp3) is 0.333. The first kappa shape index (κ1) is 14.3. The van der Waals surface area contributed by atoms with Crippen LogP contribution in [0.1, 0.15) is 12.0 Å². The molecule has 0 saturated heterocycles. The van der Waals surface area contributed by atoms with Crippen molar-refractivity contribution in [2.75, 3.05) is 31.5 Å². The number of hydrogen-bond acceptors (Lipinski definition) is 5. The Bertz CT molecular complexity index is 495. The zero-order valence-corrected chi connectivity index (χ0v) is 12.0. The summed E-state index contributed by atoms with van der Waals surface area (Å²) in [5.74, 6) is 0.745. The molecule has 0 aliphatic rings. The lowest BCUT2D eigenvalue weighted by molar-refractivity contribution is 0.400. The summed E-state index contributed by atoms with van der Waals surface area (Å²) >= 11 is 0. The minimum atomic E-state index is 0.745. The highest BCUT2D eigenvalue weighted by Gasteiger charge is 1.97. The van der Waals surface area contributed by atoms with Gasteiger partial charge < -0.3 is 4.90 Å². The minimum Gasteiger partial charge on any atom is -0.309 e. The van der Waals surface area contributed by atoms with Gasteiger partial charge in [-0.2, -0.15) is 0 Å². The molecule has 106 valence electrons. The molecule has 0 unspecified atom stereocenters. The third-order valence-electron chi connectivity index (χ3n) is 2.94. The molecule has 1 heterocycles. The first-order chi connectivity index (χ1) is 9.74. The largest absolute Gasteiger partial charge is 0.309 e. The Labute approximate surface area is 120 Å². The lowest BCUT2D eigenvalue weighted by Gasteiger charge is -2.10. The molecule has 2 rings (SSSR count). The summed E-state index contributed by atoms with van der Waals surface area (Å²) < 4.78 is 0. The maximum Gasteiger partial charge on any atom is 0.147 e. The van der Waals surface area contributed by atoms with E-state index in [9.17, 15) is 0 Å². The van der Waals surface area contributed by atoms with Crippen molar-refractivity contribution in [3.8, 4) is 0 Å². The summed E-state index contributed by atoms with van der Waals surface area (Å²) in [5.41, 5.74) is 8.52. The van der Waals surface area contributed by atoms with Gasteiger partial charge in [0.05, 0.1) is 5.69 Å². The fourth-order valence-corrected chi connectivity index (χ4v) is 1.85. The van der Waals surface area contributed by atoms with Crippen LogP contribution in [0.15, 0.2) is 42.9 Å². The van der Waals surface area contributed by atoms with Crippen LogP contribution in [0.5, 0.6) is 0 Å². The Morgan fingerprint density at radius 3 is 2.50 bits per heavy atom. The van der Waals surface area contributed by atoms with Crippen molar-refractivity contribution in [3.63, 3.8) is 0 Å². The molecule has 5 nitrogen and oxygen atoms in total. The van der Waals surface area contributed by atoms with Crippen LogP contribution in [0.3, 0.4) is 0 Å². The molecule has 0 saturated carbocycles. The quantitative estimate of drug-likeness (QED) is 0.757. The third-order valence-corrected chi connectivity index (χ3v) is 2.94. The average molecular weight is 271 g/mol. The number of anilines is 2. The lowest BCUT2D eigenvalue weighted by Crippen LogP contribution is -2.13. The molecule has 2 N–H and O–H groups in total. The number of aryl methyl sites for hydroxylation is 1. The Kier molecular flexibility index (Phi) is 5.32. The first-order valence-corrected chi connectivity index (χ1v) is 6.76. The highest BCUT2D eigenvalue weighted by molar-refractivity contribution is 5.49. The van der Waals surface area contributed by atoms with E-state index in [0.717, 1.165) is 24.5 Å². The molecule has 0 aliphatic heterocycles. The van der Waals surface area contributed by atoms with Crippen molar-refractivity contribution in [2.45, 2.75) is 12.8 Å². The molecular weight excluding hydrogens is 250 g/mol. The second-order valence-electron chi connectivity index (χ2n) is 4.95. The van der Waals surface area contributed by atoms with Gasteiger partial charge in [0.25, 0.3) is 0 Å². The molecule has 2 aromatic rings. The van der Waals surface area contributed by atoms with Gasteiger partial charge >= 0.3 is 0 Å². The van der Waals surface area contributed by atoms with Crippen molar-refractivity contribution >= 4 is 11.5 Å². The zero-order chi connectivity index (χ0) is 14.2. The third kappa shape index (κ3) is 4.85. The van der Waals surface area contributed by atoms with E-state index < -0.39 is 0 Å². The van der Waals surface area contributed by atoms with E-state index in [0.29, 0.717) is 0 Å². The molecule has 1 aromatic carbocycles. The van der Waals surface area contributed by atoms with Crippen LogP contribution >= 0.6 is 0 Å². The summed E-state index contributed by atoms with van der Waals surface area (Å²) in [6, 6.07) is 10.3. The van der Waals surface area contributed by atoms with Gasteiger partial charge in [0.15, 0.2) is 0 Å². The summed E-state index contributed by atoms with van der Waals surface area (Å²) in [6.07, 6.45) is 5.50. The predicted molar refractivity (Wildman–Crippen MR) is 82.6 cm³/mol. The van der Waals surface area contributed by atoms with Gasteiger partial charge in [-0.1, -0.05) is 12.1 Å². The molecule has 5 heteroatoms. The Morgan fingerprint density at radius 1 is 1.05 bits per heavy atom. The van der Waals surface area contributed by atoms with Gasteiger partial charge in [-0.05, 0) is 51.2 Å². The maximum absolute atomic E-state index is 4.08. The van der Waals surface area contributed by atoms with Crippen LogP contribution < -0.4 is 10.9 Å². The Morgan fingerprint density at radius 2 is 1.85 bits per heavy atom. The standard InChI is InChI=1S/C15H21N5/c1-20(2)11-3-4-13-5-7-14(8-6-13)18-19-15-9-10-16-12-17-15/h5-10,12,18H,3-4,11H2,1-2H3,(H,16,17,19). The van der Waals surface area contributed by atoms with Crippen LogP contribution in [-0.4, -0.2) is 35.5 Å². The van der Waals surface area contributed by atoms with Crippen molar-refractivity contribution in [1.29, 1.82) is 0 Å². The predicted octanol–water partition coefficient (Wildman–Crippen LogP) is 2.41. The van der Waals surface area contributed by atoms with Crippen molar-refractivity contribution in [3.05, 3.63) is 48.4 Å². The van der Waals surface area contributed by atoms with Gasteiger partial charge in [0, 0.05) is 12.3 Å². The van der Waals surface area contributed by atoms with E-state index in [1.807, 2.05) is 6.07 Å². The summed E-state index contributed by atoms with van der Waals surface area (Å²) in [6.45, 7) is 1.12. The Balaban J connectivity index is 1.79. The molecule has 1 aromatic heterocycles. The smallest absolute Gasteiger partial charge is 0.147 e. The van der Waals surface area contributed by atoms with Crippen LogP contribution in [0.2, 0.25) is 0 Å². The SMILES string of the molecule is CN(C)CCCc1ccc(NNc2ccncn2)cc1.